The van der Waals surface area contributed by atoms with E-state index in [1.807, 2.05) is 18.2 Å². The first-order chi connectivity index (χ1) is 16.6. The summed E-state index contributed by atoms with van der Waals surface area (Å²) in [6, 6.07) is 9.12. The highest BCUT2D eigenvalue weighted by atomic mass is 35.5. The molecule has 1 aromatic carbocycles. The first-order valence-electron chi connectivity index (χ1n) is 11.3. The van der Waals surface area contributed by atoms with E-state index in [-0.39, 0.29) is 29.9 Å². The third kappa shape index (κ3) is 5.09. The summed E-state index contributed by atoms with van der Waals surface area (Å²) in [7, 11) is 0. The van der Waals surface area contributed by atoms with Crippen LogP contribution in [0.2, 0.25) is 5.15 Å². The van der Waals surface area contributed by atoms with Crippen molar-refractivity contribution in [2.45, 2.75) is 39.7 Å². The molecule has 0 aliphatic carbocycles. The Balaban J connectivity index is 1.79. The van der Waals surface area contributed by atoms with E-state index in [4.69, 9.17) is 21.1 Å². The van der Waals surface area contributed by atoms with Crippen LogP contribution < -0.4 is 10.6 Å². The number of esters is 2. The number of nitrogens with one attached hydrogen (secondary N) is 2. The summed E-state index contributed by atoms with van der Waals surface area (Å²) < 4.78 is 12.1. The average molecular weight is 499 g/mol. The van der Waals surface area contributed by atoms with Gasteiger partial charge in [0.05, 0.1) is 18.0 Å². The molecule has 0 atom stereocenters. The number of fused-ring (bicyclic) bond motifs is 2. The van der Waals surface area contributed by atoms with Crippen molar-refractivity contribution in [1.82, 2.24) is 14.7 Å². The number of pyridine rings is 1. The molecule has 1 aliphatic rings. The molecule has 9 nitrogen and oxygen atoms in total. The molecular weight excluding hydrogens is 472 g/mol. The number of nitrogens with zero attached hydrogens (tertiary/aromatic N) is 2. The minimum absolute atomic E-state index is 0.0291. The lowest BCUT2D eigenvalue weighted by atomic mass is 9.96. The highest BCUT2D eigenvalue weighted by Crippen LogP contribution is 2.33. The van der Waals surface area contributed by atoms with Gasteiger partial charge in [-0.15, -0.1) is 0 Å². The number of rotatable bonds is 6. The van der Waals surface area contributed by atoms with E-state index in [1.165, 1.54) is 0 Å². The number of anilines is 1. The Kier molecular flexibility index (Phi) is 6.71. The maximum Gasteiger partial charge on any atom is 0.360 e. The van der Waals surface area contributed by atoms with Crippen molar-refractivity contribution in [3.63, 3.8) is 0 Å². The van der Waals surface area contributed by atoms with Crippen LogP contribution in [0, 0.1) is 0 Å². The van der Waals surface area contributed by atoms with Gasteiger partial charge in [-0.2, -0.15) is 0 Å². The van der Waals surface area contributed by atoms with E-state index >= 15 is 0 Å². The van der Waals surface area contributed by atoms with Crippen molar-refractivity contribution in [3.8, 4) is 11.3 Å². The summed E-state index contributed by atoms with van der Waals surface area (Å²) in [4.78, 5) is 41.4. The molecule has 3 aromatic rings. The molecule has 2 N–H and O–H groups in total. The van der Waals surface area contributed by atoms with Crippen LogP contribution >= 0.6 is 11.6 Å². The number of carbonyl (C=O) groups is 3. The van der Waals surface area contributed by atoms with Crippen LogP contribution in [0.5, 0.6) is 0 Å². The molecule has 1 amide bonds. The normalized spacial score (nSPS) is 13.2. The largest absolute Gasteiger partial charge is 0.461 e. The summed E-state index contributed by atoms with van der Waals surface area (Å²) in [6.45, 7) is 7.72. The summed E-state index contributed by atoms with van der Waals surface area (Å²) >= 11 is 6.65. The Bertz CT molecular complexity index is 1330. The molecule has 0 saturated carbocycles. The van der Waals surface area contributed by atoms with Crippen molar-refractivity contribution in [2.75, 3.05) is 25.0 Å². The number of benzene rings is 1. The zero-order valence-electron chi connectivity index (χ0n) is 20.0. The molecule has 0 bridgehead atoms. The number of carbonyl (C=O) groups excluding carboxylic acids is 3. The minimum Gasteiger partial charge on any atom is -0.461 e. The Labute approximate surface area is 207 Å². The van der Waals surface area contributed by atoms with E-state index in [9.17, 15) is 14.4 Å². The topological polar surface area (TPSA) is 111 Å². The van der Waals surface area contributed by atoms with Crippen LogP contribution in [-0.2, 0) is 20.7 Å². The van der Waals surface area contributed by atoms with E-state index < -0.39 is 17.5 Å². The monoisotopic (exact) mass is 498 g/mol. The Morgan fingerprint density at radius 3 is 2.71 bits per heavy atom. The van der Waals surface area contributed by atoms with Crippen molar-refractivity contribution in [1.29, 1.82) is 0 Å². The third-order valence-electron chi connectivity index (χ3n) is 5.35. The van der Waals surface area contributed by atoms with Crippen molar-refractivity contribution < 1.29 is 23.9 Å². The van der Waals surface area contributed by atoms with Crippen LogP contribution in [0.4, 0.5) is 5.69 Å². The maximum absolute atomic E-state index is 12.5. The predicted molar refractivity (Wildman–Crippen MR) is 132 cm³/mol. The molecule has 1 aliphatic heterocycles. The lowest BCUT2D eigenvalue weighted by Gasteiger charge is -2.20. The quantitative estimate of drug-likeness (QED) is 0.496. The maximum atomic E-state index is 12.5. The third-order valence-corrected chi connectivity index (χ3v) is 5.70. The Morgan fingerprint density at radius 1 is 1.23 bits per heavy atom. The summed E-state index contributed by atoms with van der Waals surface area (Å²) in [6.07, 6.45) is 0.708. The van der Waals surface area contributed by atoms with Crippen molar-refractivity contribution in [2.24, 2.45) is 0 Å². The van der Waals surface area contributed by atoms with Gasteiger partial charge in [-0.05, 0) is 69.5 Å². The van der Waals surface area contributed by atoms with Gasteiger partial charge in [0.25, 0.3) is 5.91 Å². The number of hydrogen-bond acceptors (Lipinski definition) is 7. The second kappa shape index (κ2) is 9.58. The van der Waals surface area contributed by atoms with E-state index in [1.54, 1.807) is 44.2 Å². The highest BCUT2D eigenvalue weighted by molar-refractivity contribution is 6.33. The van der Waals surface area contributed by atoms with Gasteiger partial charge in [-0.3, -0.25) is 14.0 Å². The molecule has 35 heavy (non-hydrogen) atoms. The van der Waals surface area contributed by atoms with Gasteiger partial charge >= 0.3 is 11.9 Å². The summed E-state index contributed by atoms with van der Waals surface area (Å²) in [5, 5.41) is 5.96. The number of imidazole rings is 1. The second-order valence-electron chi connectivity index (χ2n) is 9.08. The molecule has 10 heteroatoms. The van der Waals surface area contributed by atoms with Crippen molar-refractivity contribution >= 4 is 40.8 Å². The van der Waals surface area contributed by atoms with E-state index in [2.05, 4.69) is 15.6 Å². The minimum atomic E-state index is -0.646. The first-order valence-corrected chi connectivity index (χ1v) is 11.7. The standard InChI is InChI=1S/C25H27ClN4O5/c1-5-34-24(33)20-21(26)30-18(15-6-7-16-14(12-15)10-11-27-23(16)32)9-8-17(22(30)29-20)28-13-19(31)35-25(2,3)4/h6-9,12,28H,5,10-11,13H2,1-4H3,(H,27,32). The zero-order chi connectivity index (χ0) is 25.3. The van der Waals surface area contributed by atoms with Gasteiger partial charge < -0.3 is 20.1 Å². The van der Waals surface area contributed by atoms with Crippen LogP contribution in [-0.4, -0.2) is 52.5 Å². The first kappa shape index (κ1) is 24.5. The van der Waals surface area contributed by atoms with Gasteiger partial charge in [0, 0.05) is 12.1 Å². The molecule has 0 unspecified atom stereocenters. The van der Waals surface area contributed by atoms with Gasteiger partial charge in [0.2, 0.25) is 0 Å². The number of aromatic nitrogens is 2. The van der Waals surface area contributed by atoms with Crippen LogP contribution in [0.15, 0.2) is 30.3 Å². The van der Waals surface area contributed by atoms with E-state index in [0.29, 0.717) is 35.6 Å². The van der Waals surface area contributed by atoms with Crippen LogP contribution in [0.1, 0.15) is 54.1 Å². The SMILES string of the molecule is CCOC(=O)c1nc2c(NCC(=O)OC(C)(C)C)ccc(-c3ccc4c(c3)CCNC4=O)n2c1Cl. The summed E-state index contributed by atoms with van der Waals surface area (Å²) in [5.74, 6) is -1.18. The molecule has 4 rings (SSSR count). The number of halogens is 1. The molecule has 0 fully saturated rings. The van der Waals surface area contributed by atoms with E-state index in [0.717, 1.165) is 11.1 Å². The molecule has 0 spiro atoms. The van der Waals surface area contributed by atoms with Gasteiger partial charge in [-0.1, -0.05) is 17.7 Å². The van der Waals surface area contributed by atoms with Gasteiger partial charge in [-0.25, -0.2) is 9.78 Å². The van der Waals surface area contributed by atoms with Crippen molar-refractivity contribution in [3.05, 3.63) is 52.3 Å². The Hall–Kier alpha value is -3.59. The fraction of sp³-hybridized carbons (Fsp3) is 0.360. The molecular formula is C25H27ClN4O5. The lowest BCUT2D eigenvalue weighted by molar-refractivity contribution is -0.152. The fourth-order valence-electron chi connectivity index (χ4n) is 3.94. The molecule has 184 valence electrons. The fourth-order valence-corrected chi connectivity index (χ4v) is 4.23. The number of amides is 1. The van der Waals surface area contributed by atoms with Crippen LogP contribution in [0.25, 0.3) is 16.9 Å². The number of ether oxygens (including phenoxy) is 2. The predicted octanol–water partition coefficient (Wildman–Crippen LogP) is 3.87. The summed E-state index contributed by atoms with van der Waals surface area (Å²) in [5.41, 5.74) is 3.24. The molecule has 0 saturated heterocycles. The highest BCUT2D eigenvalue weighted by Gasteiger charge is 2.24. The Morgan fingerprint density at radius 2 is 2.00 bits per heavy atom. The van der Waals surface area contributed by atoms with Crippen LogP contribution in [0.3, 0.4) is 0 Å². The van der Waals surface area contributed by atoms with Gasteiger partial charge in [0.15, 0.2) is 11.3 Å². The average Bonchev–Trinajstić information content (AvgIpc) is 3.14. The molecule has 3 heterocycles. The smallest absolute Gasteiger partial charge is 0.360 e. The lowest BCUT2D eigenvalue weighted by Crippen LogP contribution is -2.31. The molecule has 0 radical (unpaired) electrons. The molecule has 2 aromatic heterocycles. The van der Waals surface area contributed by atoms with Gasteiger partial charge in [0.1, 0.15) is 17.3 Å². The second-order valence-corrected chi connectivity index (χ2v) is 9.44. The zero-order valence-corrected chi connectivity index (χ0v) is 20.8. The number of hydrogen-bond donors (Lipinski definition) is 2.